The highest BCUT2D eigenvalue weighted by molar-refractivity contribution is 5.81. The lowest BCUT2D eigenvalue weighted by atomic mass is 9.73. The molecule has 0 radical (unpaired) electrons. The Bertz CT molecular complexity index is 628. The predicted molar refractivity (Wildman–Crippen MR) is 108 cm³/mol. The number of hydrogen-bond acceptors (Lipinski definition) is 4. The van der Waals surface area contributed by atoms with Gasteiger partial charge in [0, 0.05) is 5.92 Å². The molecule has 1 saturated carbocycles. The Labute approximate surface area is 163 Å². The van der Waals surface area contributed by atoms with Crippen LogP contribution in [0.4, 0.5) is 0 Å². The largest absolute Gasteiger partial charge is 0.450 e. The zero-order chi connectivity index (χ0) is 19.5. The average Bonchev–Trinajstić information content (AvgIpc) is 2.73. The lowest BCUT2D eigenvalue weighted by Gasteiger charge is -2.36. The van der Waals surface area contributed by atoms with Crippen molar-refractivity contribution in [1.29, 1.82) is 0 Å². The fourth-order valence-corrected chi connectivity index (χ4v) is 3.83. The monoisotopic (exact) mass is 371 g/mol. The number of benzene rings is 1. The van der Waals surface area contributed by atoms with Gasteiger partial charge in [-0.05, 0) is 37.9 Å². The van der Waals surface area contributed by atoms with E-state index in [1.54, 1.807) is 0 Å². The summed E-state index contributed by atoms with van der Waals surface area (Å²) in [7, 11) is 0. The standard InChI is InChI=1S/C23H33NO3/c1-3-17-24(4-2)18-11-12-19-27-22(25)23(26,20-13-7-5-8-14-20)21-15-9-6-10-16-21/h5,7-8,13-14,21,26H,3-4,6,9-10,15-19H2,1-2H3. The minimum absolute atomic E-state index is 0.0182. The van der Waals surface area contributed by atoms with Gasteiger partial charge < -0.3 is 9.84 Å². The van der Waals surface area contributed by atoms with E-state index < -0.39 is 11.6 Å². The molecule has 1 aromatic carbocycles. The Kier molecular flexibility index (Phi) is 8.84. The number of ether oxygens (including phenoxy) is 1. The lowest BCUT2D eigenvalue weighted by Crippen LogP contribution is -2.45. The zero-order valence-electron chi connectivity index (χ0n) is 16.7. The number of rotatable bonds is 8. The molecule has 1 aliphatic rings. The highest BCUT2D eigenvalue weighted by Crippen LogP contribution is 2.40. The number of carbonyl (C=O) groups excluding carboxylic acids is 1. The van der Waals surface area contributed by atoms with Crippen molar-refractivity contribution in [2.75, 3.05) is 26.2 Å². The van der Waals surface area contributed by atoms with Gasteiger partial charge in [-0.1, -0.05) is 75.3 Å². The van der Waals surface area contributed by atoms with Crippen LogP contribution in [0.15, 0.2) is 30.3 Å². The Hall–Kier alpha value is -1.83. The van der Waals surface area contributed by atoms with E-state index in [2.05, 4.69) is 30.6 Å². The van der Waals surface area contributed by atoms with Crippen LogP contribution in [0.3, 0.4) is 0 Å². The van der Waals surface area contributed by atoms with Crippen LogP contribution in [0.2, 0.25) is 0 Å². The SMILES string of the molecule is CCCN(CC)CC#CCOC(=O)C(O)(c1ccccc1)C1CCCCC1. The molecule has 0 bridgehead atoms. The van der Waals surface area contributed by atoms with Gasteiger partial charge in [-0.25, -0.2) is 4.79 Å². The molecule has 148 valence electrons. The number of carbonyl (C=O) groups is 1. The van der Waals surface area contributed by atoms with Crippen LogP contribution in [-0.4, -0.2) is 42.2 Å². The summed E-state index contributed by atoms with van der Waals surface area (Å²) in [5.41, 5.74) is -0.962. The van der Waals surface area contributed by atoms with Crippen LogP contribution in [-0.2, 0) is 15.1 Å². The van der Waals surface area contributed by atoms with E-state index in [0.29, 0.717) is 12.1 Å². The Morgan fingerprint density at radius 3 is 2.52 bits per heavy atom. The summed E-state index contributed by atoms with van der Waals surface area (Å²) in [5.74, 6) is 5.31. The molecule has 4 nitrogen and oxygen atoms in total. The van der Waals surface area contributed by atoms with Gasteiger partial charge in [-0.2, -0.15) is 0 Å². The van der Waals surface area contributed by atoms with Gasteiger partial charge in [0.15, 0.2) is 12.2 Å². The third-order valence-corrected chi connectivity index (χ3v) is 5.41. The molecule has 1 atom stereocenters. The fourth-order valence-electron chi connectivity index (χ4n) is 3.83. The highest BCUT2D eigenvalue weighted by Gasteiger charge is 2.46. The lowest BCUT2D eigenvalue weighted by molar-refractivity contribution is -0.174. The quantitative estimate of drug-likeness (QED) is 0.559. The van der Waals surface area contributed by atoms with Crippen molar-refractivity contribution in [3.8, 4) is 11.8 Å². The van der Waals surface area contributed by atoms with Crippen molar-refractivity contribution in [2.45, 2.75) is 58.0 Å². The Balaban J connectivity index is 2.02. The van der Waals surface area contributed by atoms with Crippen LogP contribution in [0.1, 0.15) is 57.9 Å². The van der Waals surface area contributed by atoms with Gasteiger partial charge in [-0.15, -0.1) is 0 Å². The number of hydrogen-bond donors (Lipinski definition) is 1. The van der Waals surface area contributed by atoms with Crippen molar-refractivity contribution in [3.05, 3.63) is 35.9 Å². The van der Waals surface area contributed by atoms with Crippen molar-refractivity contribution in [1.82, 2.24) is 4.90 Å². The summed E-state index contributed by atoms with van der Waals surface area (Å²) in [6.07, 6.45) is 6.02. The van der Waals surface area contributed by atoms with E-state index in [1.165, 1.54) is 0 Å². The molecular formula is C23H33NO3. The van der Waals surface area contributed by atoms with E-state index in [0.717, 1.165) is 51.6 Å². The number of esters is 1. The maximum absolute atomic E-state index is 12.9. The van der Waals surface area contributed by atoms with E-state index in [-0.39, 0.29) is 12.5 Å². The van der Waals surface area contributed by atoms with Crippen molar-refractivity contribution < 1.29 is 14.6 Å². The second-order valence-corrected chi connectivity index (χ2v) is 7.27. The van der Waals surface area contributed by atoms with E-state index >= 15 is 0 Å². The van der Waals surface area contributed by atoms with Gasteiger partial charge in [0.1, 0.15) is 0 Å². The van der Waals surface area contributed by atoms with Crippen LogP contribution in [0, 0.1) is 17.8 Å². The summed E-state index contributed by atoms with van der Waals surface area (Å²) >= 11 is 0. The van der Waals surface area contributed by atoms with E-state index in [9.17, 15) is 9.90 Å². The first-order chi connectivity index (χ1) is 13.1. The van der Waals surface area contributed by atoms with E-state index in [1.807, 2.05) is 30.3 Å². The molecule has 1 unspecified atom stereocenters. The second kappa shape index (κ2) is 11.1. The van der Waals surface area contributed by atoms with Crippen LogP contribution >= 0.6 is 0 Å². The number of nitrogens with zero attached hydrogens (tertiary/aromatic N) is 1. The fraction of sp³-hybridized carbons (Fsp3) is 0.609. The summed E-state index contributed by atoms with van der Waals surface area (Å²) in [6, 6.07) is 9.21. The first-order valence-corrected chi connectivity index (χ1v) is 10.3. The topological polar surface area (TPSA) is 49.8 Å². The second-order valence-electron chi connectivity index (χ2n) is 7.27. The molecule has 0 spiro atoms. The Morgan fingerprint density at radius 2 is 1.89 bits per heavy atom. The summed E-state index contributed by atoms with van der Waals surface area (Å²) in [6.45, 7) is 6.92. The third-order valence-electron chi connectivity index (χ3n) is 5.41. The molecule has 4 heteroatoms. The number of aliphatic hydroxyl groups is 1. The van der Waals surface area contributed by atoms with Crippen LogP contribution in [0.25, 0.3) is 0 Å². The van der Waals surface area contributed by atoms with E-state index in [4.69, 9.17) is 4.74 Å². The first kappa shape index (κ1) is 21.5. The van der Waals surface area contributed by atoms with Gasteiger partial charge in [0.25, 0.3) is 0 Å². The molecule has 27 heavy (non-hydrogen) atoms. The molecule has 0 saturated heterocycles. The first-order valence-electron chi connectivity index (χ1n) is 10.3. The normalized spacial score (nSPS) is 17.0. The minimum Gasteiger partial charge on any atom is -0.450 e. The molecular weight excluding hydrogens is 338 g/mol. The zero-order valence-corrected chi connectivity index (χ0v) is 16.7. The highest BCUT2D eigenvalue weighted by atomic mass is 16.5. The molecule has 0 heterocycles. The molecule has 1 aromatic rings. The molecule has 0 amide bonds. The maximum Gasteiger partial charge on any atom is 0.344 e. The van der Waals surface area contributed by atoms with Crippen molar-refractivity contribution in [3.63, 3.8) is 0 Å². The minimum atomic E-state index is -1.58. The van der Waals surface area contributed by atoms with Crippen molar-refractivity contribution in [2.24, 2.45) is 5.92 Å². The Morgan fingerprint density at radius 1 is 1.19 bits per heavy atom. The molecule has 1 N–H and O–H groups in total. The smallest absolute Gasteiger partial charge is 0.344 e. The van der Waals surface area contributed by atoms with Gasteiger partial charge in [-0.3, -0.25) is 4.90 Å². The summed E-state index contributed by atoms with van der Waals surface area (Å²) in [4.78, 5) is 15.1. The van der Waals surface area contributed by atoms with Gasteiger partial charge in [0.05, 0.1) is 6.54 Å². The van der Waals surface area contributed by atoms with Crippen LogP contribution < -0.4 is 0 Å². The molecule has 1 fully saturated rings. The van der Waals surface area contributed by atoms with Crippen LogP contribution in [0.5, 0.6) is 0 Å². The molecule has 2 rings (SSSR count). The average molecular weight is 372 g/mol. The maximum atomic E-state index is 12.9. The predicted octanol–water partition coefficient (Wildman–Crippen LogP) is 3.73. The third kappa shape index (κ3) is 5.82. The molecule has 0 aromatic heterocycles. The van der Waals surface area contributed by atoms with Gasteiger partial charge in [0.2, 0.25) is 0 Å². The summed E-state index contributed by atoms with van der Waals surface area (Å²) in [5, 5.41) is 11.4. The van der Waals surface area contributed by atoms with Crippen molar-refractivity contribution >= 4 is 5.97 Å². The summed E-state index contributed by atoms with van der Waals surface area (Å²) < 4.78 is 5.41. The molecule has 1 aliphatic carbocycles. The molecule has 0 aliphatic heterocycles. The van der Waals surface area contributed by atoms with Gasteiger partial charge >= 0.3 is 5.97 Å².